The molecule has 0 unspecified atom stereocenters. The maximum absolute atomic E-state index is 5.08. The van der Waals surface area contributed by atoms with Crippen LogP contribution in [0.2, 0.25) is 0 Å². The SMILES string of the molecule is C#CC#CC#CP(c1ccccc1)c1ccccc1. The molecular weight excluding hydrogens is 247 g/mol. The second-order valence-corrected chi connectivity index (χ2v) is 5.56. The lowest BCUT2D eigenvalue weighted by atomic mass is 10.4. The molecule has 0 fully saturated rings. The Labute approximate surface area is 115 Å². The molecule has 2 aromatic carbocycles. The summed E-state index contributed by atoms with van der Waals surface area (Å²) in [6.45, 7) is 0. The van der Waals surface area contributed by atoms with Crippen LogP contribution in [0, 0.1) is 35.8 Å². The van der Waals surface area contributed by atoms with Crippen LogP contribution in [0.25, 0.3) is 0 Å². The molecular formula is C18H11P. The first kappa shape index (κ1) is 13.0. The van der Waals surface area contributed by atoms with Crippen LogP contribution in [0.3, 0.4) is 0 Å². The van der Waals surface area contributed by atoms with Gasteiger partial charge in [-0.25, -0.2) is 0 Å². The highest BCUT2D eigenvalue weighted by atomic mass is 31.1. The van der Waals surface area contributed by atoms with Crippen molar-refractivity contribution in [2.75, 3.05) is 0 Å². The highest BCUT2D eigenvalue weighted by Gasteiger charge is 2.09. The van der Waals surface area contributed by atoms with E-state index < -0.39 is 7.92 Å². The summed E-state index contributed by atoms with van der Waals surface area (Å²) >= 11 is 0. The summed E-state index contributed by atoms with van der Waals surface area (Å²) in [6, 6.07) is 20.5. The third kappa shape index (κ3) is 3.76. The Hall–Kier alpha value is -2.45. The van der Waals surface area contributed by atoms with Gasteiger partial charge in [0, 0.05) is 7.92 Å². The summed E-state index contributed by atoms with van der Waals surface area (Å²) in [5.74, 6) is 10.3. The summed E-state index contributed by atoms with van der Waals surface area (Å²) in [4.78, 5) is 0. The zero-order valence-corrected chi connectivity index (χ0v) is 11.2. The third-order valence-electron chi connectivity index (χ3n) is 2.39. The predicted octanol–water partition coefficient (Wildman–Crippen LogP) is 2.72. The third-order valence-corrected chi connectivity index (χ3v) is 4.36. The van der Waals surface area contributed by atoms with E-state index in [4.69, 9.17) is 6.42 Å². The molecule has 0 radical (unpaired) electrons. The van der Waals surface area contributed by atoms with Gasteiger partial charge >= 0.3 is 0 Å². The number of hydrogen-bond donors (Lipinski definition) is 0. The van der Waals surface area contributed by atoms with E-state index in [1.165, 1.54) is 10.6 Å². The van der Waals surface area contributed by atoms with Gasteiger partial charge in [-0.3, -0.25) is 0 Å². The molecule has 0 atom stereocenters. The molecule has 88 valence electrons. The van der Waals surface area contributed by atoms with Gasteiger partial charge in [0.25, 0.3) is 0 Å². The van der Waals surface area contributed by atoms with Crippen molar-refractivity contribution >= 4 is 18.5 Å². The Kier molecular flexibility index (Phi) is 4.85. The molecule has 0 saturated carbocycles. The maximum Gasteiger partial charge on any atom is 0.0355 e. The van der Waals surface area contributed by atoms with E-state index in [-0.39, 0.29) is 0 Å². The number of terminal acetylenes is 1. The fourth-order valence-electron chi connectivity index (χ4n) is 1.58. The number of hydrogen-bond acceptors (Lipinski definition) is 0. The van der Waals surface area contributed by atoms with Crippen LogP contribution in [-0.2, 0) is 0 Å². The van der Waals surface area contributed by atoms with Gasteiger partial charge in [0.1, 0.15) is 0 Å². The molecule has 0 N–H and O–H groups in total. The van der Waals surface area contributed by atoms with Crippen molar-refractivity contribution in [1.29, 1.82) is 0 Å². The molecule has 0 saturated heterocycles. The van der Waals surface area contributed by atoms with Crippen molar-refractivity contribution in [1.82, 2.24) is 0 Å². The first-order valence-electron chi connectivity index (χ1n) is 5.78. The van der Waals surface area contributed by atoms with Gasteiger partial charge < -0.3 is 0 Å². The van der Waals surface area contributed by atoms with Crippen LogP contribution in [0.1, 0.15) is 0 Å². The Bertz CT molecular complexity index is 646. The Morgan fingerprint density at radius 3 is 1.68 bits per heavy atom. The van der Waals surface area contributed by atoms with Crippen LogP contribution in [0.5, 0.6) is 0 Å². The average molecular weight is 258 g/mol. The van der Waals surface area contributed by atoms with Crippen LogP contribution < -0.4 is 10.6 Å². The molecule has 1 heteroatoms. The lowest BCUT2D eigenvalue weighted by Crippen LogP contribution is -2.09. The first-order chi connectivity index (χ1) is 9.42. The van der Waals surface area contributed by atoms with Gasteiger partial charge in [0.15, 0.2) is 0 Å². The normalized spacial score (nSPS) is 8.63. The molecule has 0 nitrogen and oxygen atoms in total. The largest absolute Gasteiger partial charge is 0.106 e. The second-order valence-electron chi connectivity index (χ2n) is 3.64. The van der Waals surface area contributed by atoms with Gasteiger partial charge in [0.05, 0.1) is 0 Å². The van der Waals surface area contributed by atoms with E-state index in [0.29, 0.717) is 0 Å². The van der Waals surface area contributed by atoms with Crippen LogP contribution in [0.15, 0.2) is 60.7 Å². The van der Waals surface area contributed by atoms with Crippen molar-refractivity contribution in [2.24, 2.45) is 0 Å². The summed E-state index contributed by atoms with van der Waals surface area (Å²) in [5.41, 5.74) is 3.23. The zero-order valence-electron chi connectivity index (χ0n) is 10.3. The molecule has 0 aliphatic carbocycles. The molecule has 2 rings (SSSR count). The minimum Gasteiger partial charge on any atom is -0.106 e. The monoisotopic (exact) mass is 258 g/mol. The van der Waals surface area contributed by atoms with Crippen LogP contribution >= 0.6 is 7.92 Å². The molecule has 0 amide bonds. The molecule has 0 spiro atoms. The smallest absolute Gasteiger partial charge is 0.0355 e. The molecule has 0 heterocycles. The Morgan fingerprint density at radius 2 is 1.21 bits per heavy atom. The van der Waals surface area contributed by atoms with E-state index in [1.54, 1.807) is 0 Å². The summed E-state index contributed by atoms with van der Waals surface area (Å²) in [5, 5.41) is 2.44. The highest BCUT2D eigenvalue weighted by Crippen LogP contribution is 2.31. The standard InChI is InChI=1S/C18H11P/c1-2-3-4-11-16-19(17-12-7-5-8-13-17)18-14-9-6-10-15-18/h1,5-10,12-15H. The van der Waals surface area contributed by atoms with Gasteiger partial charge in [0.2, 0.25) is 0 Å². The van der Waals surface area contributed by atoms with E-state index in [1.807, 2.05) is 36.4 Å². The van der Waals surface area contributed by atoms with E-state index in [0.717, 1.165) is 0 Å². The second kappa shape index (κ2) is 7.09. The maximum atomic E-state index is 5.08. The molecule has 2 aromatic rings. The predicted molar refractivity (Wildman–Crippen MR) is 83.5 cm³/mol. The molecule has 0 aliphatic heterocycles. The van der Waals surface area contributed by atoms with E-state index in [9.17, 15) is 0 Å². The van der Waals surface area contributed by atoms with Gasteiger partial charge in [-0.2, -0.15) is 0 Å². The quantitative estimate of drug-likeness (QED) is 0.574. The van der Waals surface area contributed by atoms with Crippen LogP contribution in [-0.4, -0.2) is 0 Å². The van der Waals surface area contributed by atoms with Crippen LogP contribution in [0.4, 0.5) is 0 Å². The van der Waals surface area contributed by atoms with Crippen molar-refractivity contribution in [3.05, 3.63) is 60.7 Å². The van der Waals surface area contributed by atoms with Crippen molar-refractivity contribution in [3.63, 3.8) is 0 Å². The highest BCUT2D eigenvalue weighted by molar-refractivity contribution is 7.77. The van der Waals surface area contributed by atoms with E-state index >= 15 is 0 Å². The summed E-state index contributed by atoms with van der Waals surface area (Å²) < 4.78 is 0. The minimum absolute atomic E-state index is 0.700. The fourth-order valence-corrected chi connectivity index (χ4v) is 3.25. The average Bonchev–Trinajstić information content (AvgIpc) is 2.49. The molecule has 0 aliphatic rings. The molecule has 0 bridgehead atoms. The Morgan fingerprint density at radius 1 is 0.684 bits per heavy atom. The Balaban J connectivity index is 2.40. The molecule has 0 aromatic heterocycles. The summed E-state index contributed by atoms with van der Waals surface area (Å²) in [6.07, 6.45) is 5.08. The lowest BCUT2D eigenvalue weighted by molar-refractivity contribution is 1.76. The minimum atomic E-state index is -0.700. The fraction of sp³-hybridized carbons (Fsp3) is 0. The topological polar surface area (TPSA) is 0 Å². The number of benzene rings is 2. The number of rotatable bonds is 2. The van der Waals surface area contributed by atoms with Gasteiger partial charge in [-0.05, 0) is 34.3 Å². The van der Waals surface area contributed by atoms with Gasteiger partial charge in [-0.1, -0.05) is 66.3 Å². The van der Waals surface area contributed by atoms with E-state index in [2.05, 4.69) is 53.6 Å². The summed E-state index contributed by atoms with van der Waals surface area (Å²) in [7, 11) is -0.700. The van der Waals surface area contributed by atoms with Crippen molar-refractivity contribution < 1.29 is 0 Å². The zero-order chi connectivity index (χ0) is 13.3. The first-order valence-corrected chi connectivity index (χ1v) is 7.12. The van der Waals surface area contributed by atoms with Crippen molar-refractivity contribution in [3.8, 4) is 35.8 Å². The van der Waals surface area contributed by atoms with Crippen molar-refractivity contribution in [2.45, 2.75) is 0 Å². The van der Waals surface area contributed by atoms with Gasteiger partial charge in [-0.15, -0.1) is 6.42 Å². The molecule has 19 heavy (non-hydrogen) atoms. The lowest BCUT2D eigenvalue weighted by Gasteiger charge is -2.10.